The molecule has 1 saturated carbocycles. The van der Waals surface area contributed by atoms with E-state index in [1.165, 1.54) is 30.8 Å². The molecular formula is C12H19N3. The Kier molecular flexibility index (Phi) is 1.59. The molecule has 3 rings (SSSR count). The Morgan fingerprint density at radius 1 is 1.33 bits per heavy atom. The zero-order chi connectivity index (χ0) is 10.7. The topological polar surface area (TPSA) is 29.9 Å². The van der Waals surface area contributed by atoms with E-state index in [2.05, 4.69) is 41.9 Å². The highest BCUT2D eigenvalue weighted by Crippen LogP contribution is 2.45. The fourth-order valence-electron chi connectivity index (χ4n) is 2.23. The van der Waals surface area contributed by atoms with E-state index in [0.717, 1.165) is 6.54 Å². The van der Waals surface area contributed by atoms with E-state index >= 15 is 0 Å². The zero-order valence-corrected chi connectivity index (χ0v) is 9.80. The average molecular weight is 205 g/mol. The summed E-state index contributed by atoms with van der Waals surface area (Å²) in [4.78, 5) is 0. The Hall–Kier alpha value is -0.990. The molecule has 1 fully saturated rings. The lowest BCUT2D eigenvalue weighted by Gasteiger charge is -2.24. The number of hydrogen-bond acceptors (Lipinski definition) is 2. The van der Waals surface area contributed by atoms with E-state index in [-0.39, 0.29) is 5.41 Å². The number of nitrogens with zero attached hydrogens (tertiary/aromatic N) is 2. The molecule has 1 aromatic rings. The van der Waals surface area contributed by atoms with E-state index < -0.39 is 0 Å². The Morgan fingerprint density at radius 3 is 2.67 bits per heavy atom. The number of fused-ring (bicyclic) bond motifs is 1. The van der Waals surface area contributed by atoms with Gasteiger partial charge in [-0.3, -0.25) is 0 Å². The first-order valence-corrected chi connectivity index (χ1v) is 5.85. The van der Waals surface area contributed by atoms with Gasteiger partial charge in [0.1, 0.15) is 5.82 Å². The lowest BCUT2D eigenvalue weighted by atomic mass is 9.92. The molecule has 0 aromatic carbocycles. The molecule has 0 radical (unpaired) electrons. The number of aromatic nitrogens is 2. The molecule has 2 aliphatic rings. The van der Waals surface area contributed by atoms with Crippen LogP contribution in [0.15, 0.2) is 6.07 Å². The van der Waals surface area contributed by atoms with Crippen molar-refractivity contribution >= 4 is 5.82 Å². The van der Waals surface area contributed by atoms with E-state index in [0.29, 0.717) is 5.54 Å². The van der Waals surface area contributed by atoms with Gasteiger partial charge in [-0.2, -0.15) is 5.10 Å². The summed E-state index contributed by atoms with van der Waals surface area (Å²) in [5.41, 5.74) is 1.80. The Morgan fingerprint density at radius 2 is 2.07 bits per heavy atom. The Balaban J connectivity index is 1.95. The largest absolute Gasteiger partial charge is 0.365 e. The van der Waals surface area contributed by atoms with Gasteiger partial charge in [0.25, 0.3) is 0 Å². The molecule has 1 aliphatic carbocycles. The first-order valence-electron chi connectivity index (χ1n) is 5.85. The standard InChI is InChI=1S/C12H19N3/c1-11(2,3)9-8-10-13-12(4-5-12)6-7-15(10)14-9/h8,13H,4-7H2,1-3H3. The molecular weight excluding hydrogens is 186 g/mol. The lowest BCUT2D eigenvalue weighted by Crippen LogP contribution is -2.30. The van der Waals surface area contributed by atoms with Gasteiger partial charge in [-0.1, -0.05) is 20.8 Å². The van der Waals surface area contributed by atoms with Crippen LogP contribution in [0.3, 0.4) is 0 Å². The molecule has 1 N–H and O–H groups in total. The molecule has 1 spiro atoms. The van der Waals surface area contributed by atoms with Crippen molar-refractivity contribution in [2.45, 2.75) is 57.5 Å². The maximum atomic E-state index is 4.67. The van der Waals surface area contributed by atoms with Crippen LogP contribution in [-0.2, 0) is 12.0 Å². The summed E-state index contributed by atoms with van der Waals surface area (Å²) in [5.74, 6) is 1.23. The monoisotopic (exact) mass is 205 g/mol. The van der Waals surface area contributed by atoms with Gasteiger partial charge < -0.3 is 5.32 Å². The highest BCUT2D eigenvalue weighted by molar-refractivity contribution is 5.45. The van der Waals surface area contributed by atoms with Gasteiger partial charge in [0.15, 0.2) is 0 Å². The van der Waals surface area contributed by atoms with Crippen LogP contribution < -0.4 is 5.32 Å². The molecule has 3 heteroatoms. The predicted octanol–water partition coefficient (Wildman–Crippen LogP) is 2.53. The predicted molar refractivity (Wildman–Crippen MR) is 61.1 cm³/mol. The molecule has 0 atom stereocenters. The highest BCUT2D eigenvalue weighted by atomic mass is 15.4. The molecule has 0 amide bonds. The third kappa shape index (κ3) is 1.45. The van der Waals surface area contributed by atoms with E-state index in [1.54, 1.807) is 0 Å². The van der Waals surface area contributed by atoms with Crippen LogP contribution in [0.5, 0.6) is 0 Å². The van der Waals surface area contributed by atoms with E-state index in [9.17, 15) is 0 Å². The summed E-state index contributed by atoms with van der Waals surface area (Å²) in [6.45, 7) is 7.73. The molecule has 82 valence electrons. The highest BCUT2D eigenvalue weighted by Gasteiger charge is 2.45. The van der Waals surface area contributed by atoms with Gasteiger partial charge >= 0.3 is 0 Å². The smallest absolute Gasteiger partial charge is 0.124 e. The first kappa shape index (κ1) is 9.25. The fraction of sp³-hybridized carbons (Fsp3) is 0.750. The van der Waals surface area contributed by atoms with Crippen LogP contribution >= 0.6 is 0 Å². The summed E-state index contributed by atoms with van der Waals surface area (Å²) in [6.07, 6.45) is 3.91. The van der Waals surface area contributed by atoms with Crippen molar-refractivity contribution in [3.8, 4) is 0 Å². The van der Waals surface area contributed by atoms with Gasteiger partial charge in [-0.15, -0.1) is 0 Å². The molecule has 0 saturated heterocycles. The van der Waals surface area contributed by atoms with Gasteiger partial charge in [0, 0.05) is 23.6 Å². The van der Waals surface area contributed by atoms with Crippen LogP contribution in [-0.4, -0.2) is 15.3 Å². The summed E-state index contributed by atoms with van der Waals surface area (Å²) < 4.78 is 2.13. The van der Waals surface area contributed by atoms with Crippen molar-refractivity contribution in [2.24, 2.45) is 0 Å². The van der Waals surface area contributed by atoms with Crippen LogP contribution in [0, 0.1) is 0 Å². The minimum absolute atomic E-state index is 0.155. The van der Waals surface area contributed by atoms with Gasteiger partial charge in [-0.25, -0.2) is 4.68 Å². The van der Waals surface area contributed by atoms with Crippen molar-refractivity contribution < 1.29 is 0 Å². The third-order valence-electron chi connectivity index (χ3n) is 3.60. The summed E-state index contributed by atoms with van der Waals surface area (Å²) in [5, 5.41) is 8.31. The van der Waals surface area contributed by atoms with Crippen molar-refractivity contribution in [1.29, 1.82) is 0 Å². The Bertz CT molecular complexity index is 393. The maximum Gasteiger partial charge on any atom is 0.124 e. The van der Waals surface area contributed by atoms with Crippen molar-refractivity contribution in [2.75, 3.05) is 5.32 Å². The Labute approximate surface area is 90.9 Å². The quantitative estimate of drug-likeness (QED) is 0.705. The minimum atomic E-state index is 0.155. The van der Waals surface area contributed by atoms with Crippen LogP contribution in [0.2, 0.25) is 0 Å². The number of aryl methyl sites for hydroxylation is 1. The minimum Gasteiger partial charge on any atom is -0.365 e. The number of anilines is 1. The number of nitrogens with one attached hydrogen (secondary N) is 1. The normalized spacial score (nSPS) is 22.3. The van der Waals surface area contributed by atoms with E-state index in [4.69, 9.17) is 0 Å². The van der Waals surface area contributed by atoms with Crippen LogP contribution in [0.25, 0.3) is 0 Å². The first-order chi connectivity index (χ1) is 6.99. The summed E-state index contributed by atoms with van der Waals surface area (Å²) >= 11 is 0. The molecule has 15 heavy (non-hydrogen) atoms. The summed E-state index contributed by atoms with van der Waals surface area (Å²) in [7, 11) is 0. The lowest BCUT2D eigenvalue weighted by molar-refractivity contribution is 0.470. The van der Waals surface area contributed by atoms with Crippen molar-refractivity contribution in [1.82, 2.24) is 9.78 Å². The molecule has 3 nitrogen and oxygen atoms in total. The van der Waals surface area contributed by atoms with E-state index in [1.807, 2.05) is 0 Å². The number of rotatable bonds is 0. The molecule has 1 aromatic heterocycles. The van der Waals surface area contributed by atoms with Gasteiger partial charge in [0.2, 0.25) is 0 Å². The second kappa shape index (κ2) is 2.57. The van der Waals surface area contributed by atoms with Gasteiger partial charge in [0.05, 0.1) is 5.69 Å². The average Bonchev–Trinajstić information content (AvgIpc) is 2.75. The van der Waals surface area contributed by atoms with Crippen LogP contribution in [0.1, 0.15) is 45.7 Å². The molecule has 1 aliphatic heterocycles. The zero-order valence-electron chi connectivity index (χ0n) is 9.80. The third-order valence-corrected chi connectivity index (χ3v) is 3.60. The number of hydrogen-bond donors (Lipinski definition) is 1. The molecule has 2 heterocycles. The van der Waals surface area contributed by atoms with Crippen molar-refractivity contribution in [3.05, 3.63) is 11.8 Å². The maximum absolute atomic E-state index is 4.67. The SMILES string of the molecule is CC(C)(C)c1cc2n(n1)CCC1(CC1)N2. The summed E-state index contributed by atoms with van der Waals surface area (Å²) in [6, 6.07) is 2.22. The molecule has 0 bridgehead atoms. The second-order valence-corrected chi connectivity index (χ2v) is 6.04. The second-order valence-electron chi connectivity index (χ2n) is 6.04. The molecule has 0 unspecified atom stereocenters. The fourth-order valence-corrected chi connectivity index (χ4v) is 2.23. The van der Waals surface area contributed by atoms with Crippen molar-refractivity contribution in [3.63, 3.8) is 0 Å². The van der Waals surface area contributed by atoms with Crippen LogP contribution in [0.4, 0.5) is 5.82 Å². The van der Waals surface area contributed by atoms with Gasteiger partial charge in [-0.05, 0) is 19.3 Å².